The van der Waals surface area contributed by atoms with Crippen molar-refractivity contribution in [2.75, 3.05) is 37.6 Å². The number of halogens is 1. The maximum atomic E-state index is 14.7. The smallest absolute Gasteiger partial charge is 0.191 e. The fourth-order valence-corrected chi connectivity index (χ4v) is 5.20. The average molecular weight is 432 g/mol. The number of benzene rings is 1. The number of nitrogens with one attached hydrogen (secondary N) is 2. The first-order valence-electron chi connectivity index (χ1n) is 12.1. The molecule has 1 saturated carbocycles. The summed E-state index contributed by atoms with van der Waals surface area (Å²) >= 11 is 0. The van der Waals surface area contributed by atoms with Crippen LogP contribution in [-0.2, 0) is 6.54 Å². The zero-order chi connectivity index (χ0) is 21.6. The minimum Gasteiger partial charge on any atom is -0.393 e. The maximum Gasteiger partial charge on any atom is 0.191 e. The Morgan fingerprint density at radius 1 is 1.13 bits per heavy atom. The molecule has 31 heavy (non-hydrogen) atoms. The van der Waals surface area contributed by atoms with Gasteiger partial charge in [-0.25, -0.2) is 9.38 Å². The highest BCUT2D eigenvalue weighted by Gasteiger charge is 2.30. The summed E-state index contributed by atoms with van der Waals surface area (Å²) in [6, 6.07) is 6.62. The van der Waals surface area contributed by atoms with E-state index in [4.69, 9.17) is 4.99 Å². The number of piperidine rings is 1. The van der Waals surface area contributed by atoms with Crippen molar-refractivity contribution >= 4 is 11.6 Å². The number of rotatable bonds is 6. The molecule has 4 rings (SSSR count). The Labute approximate surface area is 185 Å². The molecule has 0 spiro atoms. The Morgan fingerprint density at radius 2 is 1.90 bits per heavy atom. The molecule has 2 heterocycles. The van der Waals surface area contributed by atoms with Crippen molar-refractivity contribution in [1.82, 2.24) is 15.5 Å². The van der Waals surface area contributed by atoms with Crippen molar-refractivity contribution in [3.63, 3.8) is 0 Å². The summed E-state index contributed by atoms with van der Waals surface area (Å²) in [5.41, 5.74) is 1.50. The van der Waals surface area contributed by atoms with Crippen molar-refractivity contribution < 1.29 is 9.50 Å². The minimum absolute atomic E-state index is 0.204. The predicted octanol–water partition coefficient (Wildman–Crippen LogP) is 2.86. The monoisotopic (exact) mass is 431 g/mol. The summed E-state index contributed by atoms with van der Waals surface area (Å²) in [4.78, 5) is 9.39. The zero-order valence-corrected chi connectivity index (χ0v) is 18.8. The molecule has 1 aromatic carbocycles. The lowest BCUT2D eigenvalue weighted by Crippen LogP contribution is -2.45. The van der Waals surface area contributed by atoms with Crippen LogP contribution in [0, 0.1) is 5.82 Å². The number of aliphatic hydroxyl groups excluding tert-OH is 1. The Kier molecular flexibility index (Phi) is 7.67. The molecule has 3 N–H and O–H groups in total. The Morgan fingerprint density at radius 3 is 2.61 bits per heavy atom. The highest BCUT2D eigenvalue weighted by molar-refractivity contribution is 5.80. The van der Waals surface area contributed by atoms with Gasteiger partial charge in [0.25, 0.3) is 0 Å². The van der Waals surface area contributed by atoms with Gasteiger partial charge in [0, 0.05) is 44.8 Å². The second-order valence-electron chi connectivity index (χ2n) is 9.26. The van der Waals surface area contributed by atoms with Crippen LogP contribution in [0.1, 0.15) is 57.4 Å². The van der Waals surface area contributed by atoms with Gasteiger partial charge in [0.2, 0.25) is 0 Å². The molecule has 0 aromatic heterocycles. The van der Waals surface area contributed by atoms with Crippen LogP contribution in [0.3, 0.4) is 0 Å². The van der Waals surface area contributed by atoms with E-state index in [9.17, 15) is 9.50 Å². The topological polar surface area (TPSA) is 63.1 Å². The van der Waals surface area contributed by atoms with Crippen LogP contribution in [0.5, 0.6) is 0 Å². The van der Waals surface area contributed by atoms with Crippen molar-refractivity contribution in [3.8, 4) is 0 Å². The Balaban J connectivity index is 1.33. The van der Waals surface area contributed by atoms with Gasteiger partial charge in [-0.05, 0) is 56.7 Å². The number of guanidine groups is 1. The molecule has 1 unspecified atom stereocenters. The van der Waals surface area contributed by atoms with E-state index in [1.807, 2.05) is 17.0 Å². The van der Waals surface area contributed by atoms with Crippen LogP contribution in [-0.4, -0.2) is 66.9 Å². The number of likely N-dealkylation sites (tertiary alicyclic amines) is 1. The summed E-state index contributed by atoms with van der Waals surface area (Å²) in [5, 5.41) is 16.6. The second-order valence-corrected chi connectivity index (χ2v) is 9.26. The normalized spacial score (nSPS) is 24.2. The van der Waals surface area contributed by atoms with Gasteiger partial charge in [-0.1, -0.05) is 18.9 Å². The number of hydrogen-bond donors (Lipinski definition) is 3. The Hall–Kier alpha value is -1.86. The summed E-state index contributed by atoms with van der Waals surface area (Å²) < 4.78 is 14.7. The molecule has 3 aliphatic rings. The fraction of sp³-hybridized carbons (Fsp3) is 0.708. The molecule has 1 atom stereocenters. The molecular weight excluding hydrogens is 393 g/mol. The van der Waals surface area contributed by atoms with Crippen molar-refractivity contribution in [3.05, 3.63) is 29.6 Å². The summed E-state index contributed by atoms with van der Waals surface area (Å²) in [5.74, 6) is 0.611. The molecule has 1 aromatic rings. The van der Waals surface area contributed by atoms with Crippen molar-refractivity contribution in [1.29, 1.82) is 0 Å². The minimum atomic E-state index is -0.255. The van der Waals surface area contributed by atoms with Crippen LogP contribution in [0.2, 0.25) is 0 Å². The summed E-state index contributed by atoms with van der Waals surface area (Å²) in [6.07, 6.45) is 7.73. The van der Waals surface area contributed by atoms with Gasteiger partial charge in [-0.15, -0.1) is 0 Å². The molecule has 3 fully saturated rings. The molecule has 2 saturated heterocycles. The first-order chi connectivity index (χ1) is 15.1. The number of hydrogen-bond acceptors (Lipinski definition) is 4. The summed E-state index contributed by atoms with van der Waals surface area (Å²) in [6.45, 7) is 6.97. The van der Waals surface area contributed by atoms with E-state index in [-0.39, 0.29) is 11.9 Å². The van der Waals surface area contributed by atoms with Crippen LogP contribution >= 0.6 is 0 Å². The fourth-order valence-electron chi connectivity index (χ4n) is 5.20. The van der Waals surface area contributed by atoms with E-state index >= 15 is 0 Å². The lowest BCUT2D eigenvalue weighted by atomic mass is 10.1. The largest absolute Gasteiger partial charge is 0.393 e. The molecule has 7 heteroatoms. The molecule has 0 radical (unpaired) electrons. The Bertz CT molecular complexity index is 743. The third-order valence-electron chi connectivity index (χ3n) is 6.98. The van der Waals surface area contributed by atoms with Gasteiger partial charge < -0.3 is 20.6 Å². The number of aliphatic imine (C=N–C) groups is 1. The molecule has 6 nitrogen and oxygen atoms in total. The van der Waals surface area contributed by atoms with Crippen LogP contribution in [0.15, 0.2) is 23.2 Å². The van der Waals surface area contributed by atoms with E-state index in [0.29, 0.717) is 44.2 Å². The molecule has 2 aliphatic heterocycles. The van der Waals surface area contributed by atoms with Crippen molar-refractivity contribution in [2.45, 2.75) is 76.6 Å². The maximum absolute atomic E-state index is 14.7. The lowest BCUT2D eigenvalue weighted by molar-refractivity contribution is 0.145. The predicted molar refractivity (Wildman–Crippen MR) is 124 cm³/mol. The number of anilines is 1. The van der Waals surface area contributed by atoms with Gasteiger partial charge >= 0.3 is 0 Å². The van der Waals surface area contributed by atoms with Gasteiger partial charge in [-0.3, -0.25) is 4.90 Å². The summed E-state index contributed by atoms with van der Waals surface area (Å²) in [7, 11) is 0. The molecule has 0 amide bonds. The van der Waals surface area contributed by atoms with Gasteiger partial charge in [0.05, 0.1) is 18.3 Å². The molecule has 0 bridgehead atoms. The average Bonchev–Trinajstić information content (AvgIpc) is 3.45. The SMILES string of the molecule is CCNC(=NCc1ccc(N2CCC(O)CC2)c(F)c1)NC1CCN(C2CCCC2)C1. The van der Waals surface area contributed by atoms with Crippen LogP contribution in [0.4, 0.5) is 10.1 Å². The van der Waals surface area contributed by atoms with E-state index in [1.165, 1.54) is 32.2 Å². The molecule has 1 aliphatic carbocycles. The van der Waals surface area contributed by atoms with Gasteiger partial charge in [0.1, 0.15) is 5.82 Å². The number of nitrogens with zero attached hydrogens (tertiary/aromatic N) is 3. The van der Waals surface area contributed by atoms with Crippen LogP contribution in [0.25, 0.3) is 0 Å². The van der Waals surface area contributed by atoms with Gasteiger partial charge in [0.15, 0.2) is 5.96 Å². The molecular formula is C24H38FN5O. The first-order valence-corrected chi connectivity index (χ1v) is 12.1. The quantitative estimate of drug-likeness (QED) is 0.478. The second kappa shape index (κ2) is 10.6. The van der Waals surface area contributed by atoms with Crippen molar-refractivity contribution in [2.24, 2.45) is 4.99 Å². The van der Waals surface area contributed by atoms with E-state index < -0.39 is 0 Å². The zero-order valence-electron chi connectivity index (χ0n) is 18.8. The van der Waals surface area contributed by atoms with Crippen LogP contribution < -0.4 is 15.5 Å². The standard InChI is InChI=1S/C24H38FN5O/c1-2-26-24(28-19-9-12-30(17-19)20-5-3-4-6-20)27-16-18-7-8-23(22(25)15-18)29-13-10-21(31)11-14-29/h7-8,15,19-21,31H,2-6,9-14,16-17H2,1H3,(H2,26,27,28). The third kappa shape index (κ3) is 5.89. The lowest BCUT2D eigenvalue weighted by Gasteiger charge is -2.31. The third-order valence-corrected chi connectivity index (χ3v) is 6.98. The first kappa shape index (κ1) is 22.3. The number of aliphatic hydroxyl groups is 1. The van der Waals surface area contributed by atoms with E-state index in [2.05, 4.69) is 22.5 Å². The molecule has 172 valence electrons. The van der Waals surface area contributed by atoms with Gasteiger partial charge in [-0.2, -0.15) is 0 Å². The highest BCUT2D eigenvalue weighted by Crippen LogP contribution is 2.27. The van der Waals surface area contributed by atoms with E-state index in [1.54, 1.807) is 6.07 Å². The highest BCUT2D eigenvalue weighted by atomic mass is 19.1. The van der Waals surface area contributed by atoms with E-state index in [0.717, 1.165) is 37.1 Å².